The summed E-state index contributed by atoms with van der Waals surface area (Å²) >= 11 is 0. The number of rotatable bonds is 8. The third kappa shape index (κ3) is 5.51. The molecule has 0 aromatic heterocycles. The van der Waals surface area contributed by atoms with E-state index in [9.17, 15) is 9.59 Å². The lowest BCUT2D eigenvalue weighted by Crippen LogP contribution is -2.11. The summed E-state index contributed by atoms with van der Waals surface area (Å²) in [7, 11) is 0. The van der Waals surface area contributed by atoms with Crippen molar-refractivity contribution in [3.63, 3.8) is 0 Å². The smallest absolute Gasteiger partial charge is 0.494 e. The number of esters is 1. The topological polar surface area (TPSA) is 82.1 Å². The van der Waals surface area contributed by atoms with Gasteiger partial charge < -0.3 is 19.3 Å². The molecule has 0 radical (unpaired) electrons. The molecule has 0 heterocycles. The highest BCUT2D eigenvalue weighted by Crippen LogP contribution is 2.24. The fraction of sp³-hybridized carbons (Fsp3) is 0.300. The van der Waals surface area contributed by atoms with E-state index in [-0.39, 0.29) is 5.75 Å². The van der Waals surface area contributed by atoms with E-state index < -0.39 is 12.1 Å². The highest BCUT2D eigenvalue weighted by molar-refractivity contribution is 5.91. The van der Waals surface area contributed by atoms with Crippen LogP contribution in [0.2, 0.25) is 0 Å². The van der Waals surface area contributed by atoms with E-state index in [4.69, 9.17) is 19.3 Å². The molecule has 0 saturated heterocycles. The van der Waals surface area contributed by atoms with Crippen LogP contribution in [0.1, 0.15) is 42.6 Å². The molecule has 138 valence electrons. The van der Waals surface area contributed by atoms with Crippen LogP contribution in [-0.4, -0.2) is 23.8 Å². The molecule has 2 aromatic rings. The molecule has 1 N–H and O–H groups in total. The van der Waals surface area contributed by atoms with Crippen molar-refractivity contribution in [1.82, 2.24) is 0 Å². The van der Waals surface area contributed by atoms with Crippen LogP contribution in [0.5, 0.6) is 17.2 Å². The fourth-order valence-corrected chi connectivity index (χ4v) is 2.40. The summed E-state index contributed by atoms with van der Waals surface area (Å²) in [5, 5.41) is 8.83. The van der Waals surface area contributed by atoms with Crippen molar-refractivity contribution >= 4 is 12.1 Å². The molecule has 2 rings (SSSR count). The molecule has 0 aliphatic heterocycles. The van der Waals surface area contributed by atoms with Gasteiger partial charge in [0.15, 0.2) is 0 Å². The van der Waals surface area contributed by atoms with Crippen LogP contribution in [0, 0.1) is 0 Å². The zero-order chi connectivity index (χ0) is 18.9. The first kappa shape index (κ1) is 19.3. The third-order valence-electron chi connectivity index (χ3n) is 3.64. The molecule has 6 nitrogen and oxygen atoms in total. The van der Waals surface area contributed by atoms with E-state index in [1.807, 2.05) is 13.8 Å². The van der Waals surface area contributed by atoms with Gasteiger partial charge in [-0.3, -0.25) is 0 Å². The first-order valence-corrected chi connectivity index (χ1v) is 8.52. The highest BCUT2D eigenvalue weighted by atomic mass is 16.7. The Kier molecular flexibility index (Phi) is 7.02. The molecule has 26 heavy (non-hydrogen) atoms. The van der Waals surface area contributed by atoms with E-state index in [1.165, 1.54) is 12.1 Å². The maximum atomic E-state index is 12.4. The van der Waals surface area contributed by atoms with Gasteiger partial charge in [-0.2, -0.15) is 0 Å². The molecular formula is C20H22O6. The van der Waals surface area contributed by atoms with Crippen LogP contribution in [-0.2, 0) is 6.42 Å². The zero-order valence-corrected chi connectivity index (χ0v) is 14.9. The van der Waals surface area contributed by atoms with Crippen LogP contribution in [0.15, 0.2) is 42.5 Å². The summed E-state index contributed by atoms with van der Waals surface area (Å²) < 4.78 is 15.5. The number of carbonyl (C=O) groups is 2. The molecule has 6 heteroatoms. The molecular weight excluding hydrogens is 336 g/mol. The normalized spacial score (nSPS) is 10.2. The average Bonchev–Trinajstić information content (AvgIpc) is 2.62. The van der Waals surface area contributed by atoms with Crippen molar-refractivity contribution in [3.05, 3.63) is 53.6 Å². The molecule has 0 saturated carbocycles. The van der Waals surface area contributed by atoms with Gasteiger partial charge in [-0.25, -0.2) is 9.59 Å². The Morgan fingerprint density at radius 2 is 1.65 bits per heavy atom. The predicted molar refractivity (Wildman–Crippen MR) is 96.3 cm³/mol. The first-order chi connectivity index (χ1) is 12.5. The standard InChI is InChI=1S/C20H22O6/c1-3-5-6-14-13-15(7-12-18(14)26-20(22)23)19(21)25-17-10-8-16(9-11-17)24-4-2/h7-13H,3-6H2,1-2H3,(H,22,23). The Balaban J connectivity index is 2.15. The van der Waals surface area contributed by atoms with E-state index in [1.54, 1.807) is 30.3 Å². The van der Waals surface area contributed by atoms with E-state index in [2.05, 4.69) is 0 Å². The van der Waals surface area contributed by atoms with Crippen molar-refractivity contribution in [1.29, 1.82) is 0 Å². The minimum atomic E-state index is -1.38. The largest absolute Gasteiger partial charge is 0.511 e. The van der Waals surface area contributed by atoms with Gasteiger partial charge in [-0.1, -0.05) is 13.3 Å². The second kappa shape index (κ2) is 9.46. The highest BCUT2D eigenvalue weighted by Gasteiger charge is 2.14. The van der Waals surface area contributed by atoms with Gasteiger partial charge in [-0.05, 0) is 67.8 Å². The third-order valence-corrected chi connectivity index (χ3v) is 3.64. The molecule has 0 aliphatic rings. The zero-order valence-electron chi connectivity index (χ0n) is 14.9. The van der Waals surface area contributed by atoms with Crippen molar-refractivity contribution < 1.29 is 28.9 Å². The van der Waals surface area contributed by atoms with Crippen LogP contribution in [0.4, 0.5) is 4.79 Å². The number of unbranched alkanes of at least 4 members (excludes halogenated alkanes) is 1. The SMILES string of the molecule is CCCCc1cc(C(=O)Oc2ccc(OCC)cc2)ccc1OC(=O)O. The van der Waals surface area contributed by atoms with Crippen LogP contribution < -0.4 is 14.2 Å². The Bertz CT molecular complexity index is 751. The van der Waals surface area contributed by atoms with Crippen LogP contribution in [0.3, 0.4) is 0 Å². The van der Waals surface area contributed by atoms with Crippen LogP contribution >= 0.6 is 0 Å². The Morgan fingerprint density at radius 3 is 2.27 bits per heavy atom. The number of ether oxygens (including phenoxy) is 3. The molecule has 0 atom stereocenters. The molecule has 0 spiro atoms. The lowest BCUT2D eigenvalue weighted by molar-refractivity contribution is 0.0734. The lowest BCUT2D eigenvalue weighted by Gasteiger charge is -2.10. The fourth-order valence-electron chi connectivity index (χ4n) is 2.40. The van der Waals surface area contributed by atoms with E-state index in [0.29, 0.717) is 35.7 Å². The summed E-state index contributed by atoms with van der Waals surface area (Å²) in [6.07, 6.45) is 1.02. The molecule has 0 unspecified atom stereocenters. The number of aryl methyl sites for hydroxylation is 1. The summed E-state index contributed by atoms with van der Waals surface area (Å²) in [5.74, 6) is 0.820. The summed E-state index contributed by atoms with van der Waals surface area (Å²) in [5.41, 5.74) is 0.998. The second-order valence-corrected chi connectivity index (χ2v) is 5.59. The monoisotopic (exact) mass is 358 g/mol. The van der Waals surface area contributed by atoms with E-state index in [0.717, 1.165) is 12.8 Å². The van der Waals surface area contributed by atoms with Crippen molar-refractivity contribution in [2.45, 2.75) is 33.1 Å². The van der Waals surface area contributed by atoms with Gasteiger partial charge in [-0.15, -0.1) is 0 Å². The number of hydrogen-bond acceptors (Lipinski definition) is 5. The molecule has 2 aromatic carbocycles. The van der Waals surface area contributed by atoms with E-state index >= 15 is 0 Å². The average molecular weight is 358 g/mol. The van der Waals surface area contributed by atoms with Gasteiger partial charge in [0.2, 0.25) is 0 Å². The molecule has 0 bridgehead atoms. The van der Waals surface area contributed by atoms with Crippen molar-refractivity contribution in [2.24, 2.45) is 0 Å². The van der Waals surface area contributed by atoms with Gasteiger partial charge >= 0.3 is 12.1 Å². The maximum absolute atomic E-state index is 12.4. The Labute approximate surface area is 152 Å². The van der Waals surface area contributed by atoms with Crippen LogP contribution in [0.25, 0.3) is 0 Å². The van der Waals surface area contributed by atoms with Gasteiger partial charge in [0.25, 0.3) is 0 Å². The Hall–Kier alpha value is -3.02. The minimum absolute atomic E-state index is 0.239. The quantitative estimate of drug-likeness (QED) is 0.418. The van der Waals surface area contributed by atoms with Crippen molar-refractivity contribution in [2.75, 3.05) is 6.61 Å². The lowest BCUT2D eigenvalue weighted by atomic mass is 10.0. The minimum Gasteiger partial charge on any atom is -0.494 e. The summed E-state index contributed by atoms with van der Waals surface area (Å²) in [6, 6.07) is 11.3. The molecule has 0 fully saturated rings. The number of benzene rings is 2. The van der Waals surface area contributed by atoms with Gasteiger partial charge in [0.05, 0.1) is 12.2 Å². The number of carboxylic acid groups (broad SMARTS) is 1. The van der Waals surface area contributed by atoms with Gasteiger partial charge in [0, 0.05) is 0 Å². The molecule has 0 amide bonds. The second-order valence-electron chi connectivity index (χ2n) is 5.59. The summed E-state index contributed by atoms with van der Waals surface area (Å²) in [4.78, 5) is 23.2. The molecule has 0 aliphatic carbocycles. The maximum Gasteiger partial charge on any atom is 0.511 e. The number of hydrogen-bond donors (Lipinski definition) is 1. The Morgan fingerprint density at radius 1 is 0.962 bits per heavy atom. The van der Waals surface area contributed by atoms with Gasteiger partial charge in [0.1, 0.15) is 17.2 Å². The number of carbonyl (C=O) groups excluding carboxylic acids is 1. The summed E-state index contributed by atoms with van der Waals surface area (Å²) in [6.45, 7) is 4.48. The predicted octanol–water partition coefficient (Wildman–Crippen LogP) is 4.70. The van der Waals surface area contributed by atoms with Crippen molar-refractivity contribution in [3.8, 4) is 17.2 Å². The first-order valence-electron chi connectivity index (χ1n) is 8.52.